The van der Waals surface area contributed by atoms with E-state index in [1.807, 2.05) is 13.8 Å². The molecule has 0 aromatic heterocycles. The molecule has 0 fully saturated rings. The largest absolute Gasteiger partial charge is 0.350 e. The van der Waals surface area contributed by atoms with Crippen molar-refractivity contribution in [1.82, 2.24) is 5.32 Å². The van der Waals surface area contributed by atoms with Gasteiger partial charge in [-0.15, -0.1) is 0 Å². The minimum atomic E-state index is -0.561. The van der Waals surface area contributed by atoms with Gasteiger partial charge >= 0.3 is 0 Å². The molecule has 0 radical (unpaired) electrons. The van der Waals surface area contributed by atoms with Crippen LogP contribution in [0.1, 0.15) is 31.1 Å². The molecule has 0 spiro atoms. The molecule has 0 aliphatic rings. The molecule has 1 aromatic rings. The predicted octanol–water partition coefficient (Wildman–Crippen LogP) is 1.11. The zero-order valence-corrected chi connectivity index (χ0v) is 10.9. The van der Waals surface area contributed by atoms with Crippen LogP contribution in [0.3, 0.4) is 0 Å². The maximum Gasteiger partial charge on any atom is 0.251 e. The van der Waals surface area contributed by atoms with Crippen LogP contribution in [0.25, 0.3) is 0 Å². The van der Waals surface area contributed by atoms with Crippen LogP contribution in [-0.4, -0.2) is 23.9 Å². The highest BCUT2D eigenvalue weighted by molar-refractivity contribution is 5.97. The van der Waals surface area contributed by atoms with Crippen molar-refractivity contribution >= 4 is 17.5 Å². The minimum Gasteiger partial charge on any atom is -0.350 e. The number of carbonyl (C=O) groups excluding carboxylic acids is 2. The standard InChI is InChI=1S/C13H19N3O2/c1-8(2)15-13(18)10-4-6-11(7-5-10)16-12(17)9(3)14/h4-9H,14H2,1-3H3,(H,15,18)(H,16,17)/t9-/m1/s1. The Morgan fingerprint density at radius 1 is 1.11 bits per heavy atom. The second-order valence-corrected chi connectivity index (χ2v) is 4.48. The molecule has 1 aromatic carbocycles. The molecule has 98 valence electrons. The SMILES string of the molecule is CC(C)NC(=O)c1ccc(NC(=O)[C@@H](C)N)cc1. The maximum atomic E-state index is 11.7. The van der Waals surface area contributed by atoms with Gasteiger partial charge in [-0.25, -0.2) is 0 Å². The highest BCUT2D eigenvalue weighted by Crippen LogP contribution is 2.10. The van der Waals surface area contributed by atoms with Crippen LogP contribution < -0.4 is 16.4 Å². The first-order chi connectivity index (χ1) is 8.40. The normalized spacial score (nSPS) is 12.1. The molecule has 1 atom stereocenters. The zero-order valence-electron chi connectivity index (χ0n) is 10.9. The van der Waals surface area contributed by atoms with Crippen LogP contribution in [0.2, 0.25) is 0 Å². The van der Waals surface area contributed by atoms with Crippen molar-refractivity contribution in [2.24, 2.45) is 5.73 Å². The molecule has 0 saturated heterocycles. The second-order valence-electron chi connectivity index (χ2n) is 4.48. The molecule has 5 nitrogen and oxygen atoms in total. The number of anilines is 1. The van der Waals surface area contributed by atoms with Crippen LogP contribution in [0.4, 0.5) is 5.69 Å². The average Bonchev–Trinajstić information content (AvgIpc) is 2.28. The van der Waals surface area contributed by atoms with Gasteiger partial charge in [0.05, 0.1) is 6.04 Å². The van der Waals surface area contributed by atoms with Gasteiger partial charge in [0, 0.05) is 17.3 Å². The maximum absolute atomic E-state index is 11.7. The van der Waals surface area contributed by atoms with E-state index < -0.39 is 6.04 Å². The lowest BCUT2D eigenvalue weighted by Gasteiger charge is -2.10. The first-order valence-corrected chi connectivity index (χ1v) is 5.87. The molecule has 2 amide bonds. The van der Waals surface area contributed by atoms with Crippen molar-refractivity contribution in [2.45, 2.75) is 32.9 Å². The van der Waals surface area contributed by atoms with E-state index in [1.54, 1.807) is 31.2 Å². The summed E-state index contributed by atoms with van der Waals surface area (Å²) in [6.07, 6.45) is 0. The summed E-state index contributed by atoms with van der Waals surface area (Å²) in [5, 5.41) is 5.44. The minimum absolute atomic E-state index is 0.0926. The average molecular weight is 249 g/mol. The number of carbonyl (C=O) groups is 2. The Hall–Kier alpha value is -1.88. The van der Waals surface area contributed by atoms with E-state index in [9.17, 15) is 9.59 Å². The van der Waals surface area contributed by atoms with Gasteiger partial charge in [0.15, 0.2) is 0 Å². The number of hydrogen-bond acceptors (Lipinski definition) is 3. The van der Waals surface area contributed by atoms with Crippen LogP contribution in [0, 0.1) is 0 Å². The monoisotopic (exact) mass is 249 g/mol. The van der Waals surface area contributed by atoms with Gasteiger partial charge in [-0.3, -0.25) is 9.59 Å². The van der Waals surface area contributed by atoms with E-state index in [4.69, 9.17) is 5.73 Å². The molecule has 4 N–H and O–H groups in total. The van der Waals surface area contributed by atoms with Crippen molar-refractivity contribution in [2.75, 3.05) is 5.32 Å². The molecule has 5 heteroatoms. The molecule has 0 saturated carbocycles. The molecule has 0 aliphatic heterocycles. The van der Waals surface area contributed by atoms with Gasteiger partial charge in [0.2, 0.25) is 5.91 Å². The van der Waals surface area contributed by atoms with Gasteiger partial charge in [0.1, 0.15) is 0 Å². The Morgan fingerprint density at radius 3 is 2.11 bits per heavy atom. The van der Waals surface area contributed by atoms with Gasteiger partial charge < -0.3 is 16.4 Å². The summed E-state index contributed by atoms with van der Waals surface area (Å²) in [7, 11) is 0. The van der Waals surface area contributed by atoms with Crippen LogP contribution in [0.15, 0.2) is 24.3 Å². The highest BCUT2D eigenvalue weighted by Gasteiger charge is 2.09. The lowest BCUT2D eigenvalue weighted by Crippen LogP contribution is -2.32. The Morgan fingerprint density at radius 2 is 1.67 bits per heavy atom. The summed E-state index contributed by atoms with van der Waals surface area (Å²) in [4.78, 5) is 23.0. The number of nitrogens with two attached hydrogens (primary N) is 1. The highest BCUT2D eigenvalue weighted by atomic mass is 16.2. The molecule has 0 bridgehead atoms. The van der Waals surface area contributed by atoms with Crippen LogP contribution in [0.5, 0.6) is 0 Å². The number of amides is 2. The lowest BCUT2D eigenvalue weighted by atomic mass is 10.2. The molecule has 1 rings (SSSR count). The van der Waals surface area contributed by atoms with Crippen molar-refractivity contribution in [1.29, 1.82) is 0 Å². The second kappa shape index (κ2) is 6.16. The summed E-state index contributed by atoms with van der Waals surface area (Å²) in [5.74, 6) is -0.385. The third-order valence-corrected chi connectivity index (χ3v) is 2.25. The van der Waals surface area contributed by atoms with Gasteiger partial charge in [-0.1, -0.05) is 0 Å². The molecular formula is C13H19N3O2. The quantitative estimate of drug-likeness (QED) is 0.747. The number of nitrogens with one attached hydrogen (secondary N) is 2. The first-order valence-electron chi connectivity index (χ1n) is 5.87. The van der Waals surface area contributed by atoms with Gasteiger partial charge in [-0.2, -0.15) is 0 Å². The lowest BCUT2D eigenvalue weighted by molar-refractivity contribution is -0.117. The van der Waals surface area contributed by atoms with E-state index in [-0.39, 0.29) is 17.9 Å². The van der Waals surface area contributed by atoms with E-state index in [0.29, 0.717) is 11.3 Å². The van der Waals surface area contributed by atoms with E-state index >= 15 is 0 Å². The number of rotatable bonds is 4. The fraction of sp³-hybridized carbons (Fsp3) is 0.385. The fourth-order valence-electron chi connectivity index (χ4n) is 1.31. The van der Waals surface area contributed by atoms with Crippen molar-refractivity contribution in [3.8, 4) is 0 Å². The Balaban J connectivity index is 2.68. The first kappa shape index (κ1) is 14.2. The molecule has 18 heavy (non-hydrogen) atoms. The fourth-order valence-corrected chi connectivity index (χ4v) is 1.31. The molecule has 0 unspecified atom stereocenters. The smallest absolute Gasteiger partial charge is 0.251 e. The van der Waals surface area contributed by atoms with E-state index in [1.165, 1.54) is 0 Å². The van der Waals surface area contributed by atoms with Gasteiger partial charge in [-0.05, 0) is 45.0 Å². The van der Waals surface area contributed by atoms with Gasteiger partial charge in [0.25, 0.3) is 5.91 Å². The molecule has 0 heterocycles. The van der Waals surface area contributed by atoms with Crippen LogP contribution in [-0.2, 0) is 4.79 Å². The molecule has 0 aliphatic carbocycles. The van der Waals surface area contributed by atoms with Crippen LogP contribution >= 0.6 is 0 Å². The Labute approximate surface area is 107 Å². The number of benzene rings is 1. The summed E-state index contributed by atoms with van der Waals surface area (Å²) in [6, 6.07) is 6.21. The summed E-state index contributed by atoms with van der Waals surface area (Å²) in [6.45, 7) is 5.41. The van der Waals surface area contributed by atoms with E-state index in [2.05, 4.69) is 10.6 Å². The topological polar surface area (TPSA) is 84.2 Å². The summed E-state index contributed by atoms with van der Waals surface area (Å²) >= 11 is 0. The Kier molecular flexibility index (Phi) is 4.85. The third kappa shape index (κ3) is 4.18. The van der Waals surface area contributed by atoms with Crippen molar-refractivity contribution in [3.63, 3.8) is 0 Å². The Bertz CT molecular complexity index is 424. The predicted molar refractivity (Wildman–Crippen MR) is 71.3 cm³/mol. The third-order valence-electron chi connectivity index (χ3n) is 2.25. The number of hydrogen-bond donors (Lipinski definition) is 3. The summed E-state index contributed by atoms with van der Waals surface area (Å²) in [5.41, 5.74) is 6.62. The molecular weight excluding hydrogens is 230 g/mol. The van der Waals surface area contributed by atoms with E-state index in [0.717, 1.165) is 0 Å². The summed E-state index contributed by atoms with van der Waals surface area (Å²) < 4.78 is 0. The van der Waals surface area contributed by atoms with Crippen molar-refractivity contribution < 1.29 is 9.59 Å². The van der Waals surface area contributed by atoms with Crippen molar-refractivity contribution in [3.05, 3.63) is 29.8 Å². The zero-order chi connectivity index (χ0) is 13.7.